The Morgan fingerprint density at radius 2 is 1.68 bits per heavy atom. The normalized spacial score (nSPS) is 11.6. The van der Waals surface area contributed by atoms with Crippen LogP contribution in [-0.4, -0.2) is 37.1 Å². The third-order valence-corrected chi connectivity index (χ3v) is 5.89. The summed E-state index contributed by atoms with van der Waals surface area (Å²) >= 11 is 0. The van der Waals surface area contributed by atoms with Gasteiger partial charge in [-0.1, -0.05) is 34.6 Å². The molecule has 5 rings (SSSR count). The summed E-state index contributed by atoms with van der Waals surface area (Å²) < 4.78 is 45.2. The topological polar surface area (TPSA) is 123 Å². The zero-order valence-corrected chi connectivity index (χ0v) is 19.4. The molecular formula is C26H18F3N5O4. The number of halogens is 3. The number of carboxylic acid groups (broad SMARTS) is 1. The molecule has 0 saturated carbocycles. The van der Waals surface area contributed by atoms with E-state index in [-0.39, 0.29) is 24.2 Å². The first-order valence-electron chi connectivity index (χ1n) is 11.2. The van der Waals surface area contributed by atoms with Crippen LogP contribution in [0.5, 0.6) is 0 Å². The van der Waals surface area contributed by atoms with Crippen LogP contribution in [0.25, 0.3) is 22.2 Å². The molecule has 0 bridgehead atoms. The Kier molecular flexibility index (Phi) is 6.37. The molecule has 9 nitrogen and oxygen atoms in total. The van der Waals surface area contributed by atoms with Gasteiger partial charge in [0, 0.05) is 12.1 Å². The van der Waals surface area contributed by atoms with Crippen LogP contribution in [0.4, 0.5) is 13.2 Å². The summed E-state index contributed by atoms with van der Waals surface area (Å²) in [5.74, 6) is -1.51. The van der Waals surface area contributed by atoms with E-state index >= 15 is 0 Å². The van der Waals surface area contributed by atoms with Gasteiger partial charge in [-0.25, -0.2) is 9.48 Å². The number of nitrogens with one attached hydrogen (secondary N) is 1. The Labute approximate surface area is 212 Å². The first-order chi connectivity index (χ1) is 18.2. The number of fused-ring (bicyclic) bond motifs is 1. The molecule has 0 spiro atoms. The van der Waals surface area contributed by atoms with E-state index in [0.717, 1.165) is 12.1 Å². The molecule has 0 radical (unpaired) electrons. The van der Waals surface area contributed by atoms with Crippen molar-refractivity contribution in [2.45, 2.75) is 19.3 Å². The molecule has 1 amide bonds. The first-order valence-corrected chi connectivity index (χ1v) is 11.2. The Balaban J connectivity index is 1.47. The second-order valence-corrected chi connectivity index (χ2v) is 8.43. The lowest BCUT2D eigenvalue weighted by atomic mass is 10.0. The number of alkyl halides is 3. The first kappa shape index (κ1) is 24.7. The van der Waals surface area contributed by atoms with Crippen LogP contribution < -0.4 is 5.32 Å². The Morgan fingerprint density at radius 3 is 2.32 bits per heavy atom. The number of nitrogens with zero attached hydrogens (tertiary/aromatic N) is 4. The number of carbonyl (C=O) groups is 2. The standard InChI is InChI=1S/C26H18F3N5O4/c27-26(28,29)20-7-3-16(4-8-20)13-34-23-21(9-18(10-22(23)32-33-34)19-12-31-38-14-19)24(35)30-11-15-1-5-17(6-2-15)25(36)37/h1-10,12,14H,11,13H2,(H,30,35)(H,36,37). The van der Waals surface area contributed by atoms with Gasteiger partial charge in [-0.2, -0.15) is 13.2 Å². The van der Waals surface area contributed by atoms with Crippen molar-refractivity contribution in [1.82, 2.24) is 25.5 Å². The predicted octanol–water partition coefficient (Wildman–Crippen LogP) is 4.78. The van der Waals surface area contributed by atoms with Gasteiger partial charge in [0.15, 0.2) is 0 Å². The summed E-state index contributed by atoms with van der Waals surface area (Å²) in [5, 5.41) is 23.9. The van der Waals surface area contributed by atoms with Gasteiger partial charge in [0.05, 0.1) is 29.4 Å². The number of carboxylic acids is 1. The molecule has 2 aromatic heterocycles. The molecular weight excluding hydrogens is 503 g/mol. The quantitative estimate of drug-likeness (QED) is 0.316. The summed E-state index contributed by atoms with van der Waals surface area (Å²) in [5.41, 5.74) is 2.83. The maximum atomic E-state index is 13.3. The van der Waals surface area contributed by atoms with Gasteiger partial charge < -0.3 is 14.9 Å². The van der Waals surface area contributed by atoms with E-state index in [4.69, 9.17) is 9.63 Å². The van der Waals surface area contributed by atoms with Crippen LogP contribution in [0.15, 0.2) is 77.6 Å². The number of benzene rings is 3. The number of aromatic carboxylic acids is 1. The summed E-state index contributed by atoms with van der Waals surface area (Å²) in [6, 6.07) is 14.1. The third-order valence-electron chi connectivity index (χ3n) is 5.89. The number of rotatable bonds is 7. The molecule has 0 fully saturated rings. The fourth-order valence-corrected chi connectivity index (χ4v) is 3.93. The lowest BCUT2D eigenvalue weighted by molar-refractivity contribution is -0.137. The molecule has 0 aliphatic carbocycles. The SMILES string of the molecule is O=C(O)c1ccc(CNC(=O)c2cc(-c3cnoc3)cc3nnn(Cc4ccc(C(F)(F)F)cc4)c23)cc1. The van der Waals surface area contributed by atoms with Crippen molar-refractivity contribution in [3.05, 3.63) is 101 Å². The van der Waals surface area contributed by atoms with Crippen LogP contribution in [0.1, 0.15) is 37.4 Å². The summed E-state index contributed by atoms with van der Waals surface area (Å²) in [6.07, 6.45) is -1.55. The molecule has 2 N–H and O–H groups in total. The second-order valence-electron chi connectivity index (χ2n) is 8.43. The molecule has 0 saturated heterocycles. The smallest absolute Gasteiger partial charge is 0.416 e. The molecule has 5 aromatic rings. The molecule has 0 unspecified atom stereocenters. The van der Waals surface area contributed by atoms with Gasteiger partial charge in [0.25, 0.3) is 5.91 Å². The van der Waals surface area contributed by atoms with Crippen molar-refractivity contribution in [3.8, 4) is 11.1 Å². The molecule has 3 aromatic carbocycles. The van der Waals surface area contributed by atoms with Gasteiger partial charge in [0.1, 0.15) is 17.3 Å². The third kappa shape index (κ3) is 5.09. The van der Waals surface area contributed by atoms with Crippen LogP contribution in [0.3, 0.4) is 0 Å². The van der Waals surface area contributed by atoms with Crippen LogP contribution >= 0.6 is 0 Å². The largest absolute Gasteiger partial charge is 0.478 e. The highest BCUT2D eigenvalue weighted by Crippen LogP contribution is 2.30. The zero-order chi connectivity index (χ0) is 26.9. The van der Waals surface area contributed by atoms with Crippen molar-refractivity contribution >= 4 is 22.9 Å². The highest BCUT2D eigenvalue weighted by Gasteiger charge is 2.30. The maximum absolute atomic E-state index is 13.3. The summed E-state index contributed by atoms with van der Waals surface area (Å²) in [4.78, 5) is 24.4. The Bertz CT molecular complexity index is 1610. The van der Waals surface area contributed by atoms with Gasteiger partial charge in [0.2, 0.25) is 0 Å². The average Bonchev–Trinajstić information content (AvgIpc) is 3.57. The van der Waals surface area contributed by atoms with Crippen molar-refractivity contribution in [1.29, 1.82) is 0 Å². The van der Waals surface area contributed by atoms with E-state index in [1.54, 1.807) is 24.3 Å². The van der Waals surface area contributed by atoms with Crippen molar-refractivity contribution in [2.75, 3.05) is 0 Å². The average molecular weight is 521 g/mol. The van der Waals surface area contributed by atoms with Gasteiger partial charge in [-0.15, -0.1) is 5.10 Å². The van der Waals surface area contributed by atoms with Crippen molar-refractivity contribution in [3.63, 3.8) is 0 Å². The lowest BCUT2D eigenvalue weighted by Gasteiger charge is -2.11. The van der Waals surface area contributed by atoms with E-state index in [9.17, 15) is 22.8 Å². The number of hydrogen-bond donors (Lipinski definition) is 2. The van der Waals surface area contributed by atoms with Crippen LogP contribution in [-0.2, 0) is 19.3 Å². The van der Waals surface area contributed by atoms with E-state index < -0.39 is 23.6 Å². The van der Waals surface area contributed by atoms with Gasteiger partial charge in [-0.3, -0.25) is 4.79 Å². The van der Waals surface area contributed by atoms with Gasteiger partial charge >= 0.3 is 12.1 Å². The fourth-order valence-electron chi connectivity index (χ4n) is 3.93. The molecule has 2 heterocycles. The second kappa shape index (κ2) is 9.81. The minimum absolute atomic E-state index is 0.0815. The van der Waals surface area contributed by atoms with E-state index in [0.29, 0.717) is 33.3 Å². The predicted molar refractivity (Wildman–Crippen MR) is 128 cm³/mol. The zero-order valence-electron chi connectivity index (χ0n) is 19.4. The van der Waals surface area contributed by atoms with E-state index in [1.807, 2.05) is 0 Å². The van der Waals surface area contributed by atoms with Gasteiger partial charge in [-0.05, 0) is 53.1 Å². The summed E-state index contributed by atoms with van der Waals surface area (Å²) in [7, 11) is 0. The number of aromatic nitrogens is 4. The fraction of sp³-hybridized carbons (Fsp3) is 0.115. The van der Waals surface area contributed by atoms with E-state index in [2.05, 4.69) is 20.8 Å². The summed E-state index contributed by atoms with van der Waals surface area (Å²) in [6.45, 7) is 0.205. The number of amides is 1. The lowest BCUT2D eigenvalue weighted by Crippen LogP contribution is -2.24. The molecule has 12 heteroatoms. The maximum Gasteiger partial charge on any atom is 0.416 e. The van der Waals surface area contributed by atoms with Crippen molar-refractivity contribution < 1.29 is 32.4 Å². The number of hydrogen-bond acceptors (Lipinski definition) is 6. The van der Waals surface area contributed by atoms with E-state index in [1.165, 1.54) is 41.4 Å². The Morgan fingerprint density at radius 1 is 0.974 bits per heavy atom. The molecule has 0 aliphatic heterocycles. The van der Waals surface area contributed by atoms with Crippen LogP contribution in [0.2, 0.25) is 0 Å². The molecule has 0 aliphatic rings. The molecule has 38 heavy (non-hydrogen) atoms. The molecule has 0 atom stereocenters. The highest BCUT2D eigenvalue weighted by molar-refractivity contribution is 6.06. The minimum Gasteiger partial charge on any atom is -0.478 e. The minimum atomic E-state index is -4.45. The molecule has 192 valence electrons. The number of carbonyl (C=O) groups excluding carboxylic acids is 1. The highest BCUT2D eigenvalue weighted by atomic mass is 19.4. The van der Waals surface area contributed by atoms with Crippen molar-refractivity contribution in [2.24, 2.45) is 0 Å². The Hall–Kier alpha value is -5.00. The monoisotopic (exact) mass is 521 g/mol. The van der Waals surface area contributed by atoms with Crippen LogP contribution in [0, 0.1) is 0 Å².